The van der Waals surface area contributed by atoms with Gasteiger partial charge in [0.1, 0.15) is 0 Å². The number of piperidine rings is 2. The second-order valence-corrected chi connectivity index (χ2v) is 7.67. The summed E-state index contributed by atoms with van der Waals surface area (Å²) in [6, 6.07) is 19.9. The van der Waals surface area contributed by atoms with E-state index in [1.807, 2.05) is 18.2 Å². The van der Waals surface area contributed by atoms with Crippen LogP contribution in [-0.4, -0.2) is 22.1 Å². The minimum Gasteiger partial charge on any atom is -0.385 e. The molecule has 130 valence electrons. The van der Waals surface area contributed by atoms with E-state index in [2.05, 4.69) is 53.9 Å². The van der Waals surface area contributed by atoms with Crippen molar-refractivity contribution in [3.05, 3.63) is 77.9 Å². The molecule has 2 aromatic carbocycles. The lowest BCUT2D eigenvalue weighted by Gasteiger charge is -2.52. The van der Waals surface area contributed by atoms with Crippen molar-refractivity contribution < 1.29 is 5.11 Å². The molecule has 1 N–H and O–H groups in total. The predicted molar refractivity (Wildman–Crippen MR) is 103 cm³/mol. The minimum absolute atomic E-state index is 0.463. The molecule has 2 aliphatic rings. The maximum Gasteiger partial charge on any atom is 0.0926 e. The highest BCUT2D eigenvalue weighted by atomic mass is 16.3. The standard InChI is InChI=1S/C23H27NO/c1-2-18-10-6-11-20(14-18)23(25)15-21-12-7-13-22(16-23)24(21)17-19-8-4-3-5-9-19/h2-6,8-11,14,21-22,25H,1,7,12-13,15-17H2. The third kappa shape index (κ3) is 3.29. The molecule has 0 radical (unpaired) electrons. The summed E-state index contributed by atoms with van der Waals surface area (Å²) in [5.41, 5.74) is 2.81. The van der Waals surface area contributed by atoms with Crippen LogP contribution >= 0.6 is 0 Å². The number of hydrogen-bond donors (Lipinski definition) is 1. The SMILES string of the molecule is C=Cc1cccc(C2(O)CC3CCCC(C2)N3Cc2ccccc2)c1. The van der Waals surface area contributed by atoms with Gasteiger partial charge in [0.2, 0.25) is 0 Å². The smallest absolute Gasteiger partial charge is 0.0926 e. The van der Waals surface area contributed by atoms with Gasteiger partial charge in [0.05, 0.1) is 5.60 Å². The van der Waals surface area contributed by atoms with Crippen molar-refractivity contribution in [2.45, 2.75) is 56.3 Å². The van der Waals surface area contributed by atoms with Crippen LogP contribution in [0.15, 0.2) is 61.2 Å². The van der Waals surface area contributed by atoms with Gasteiger partial charge in [-0.1, -0.05) is 67.6 Å². The van der Waals surface area contributed by atoms with Crippen LogP contribution in [0, 0.1) is 0 Å². The van der Waals surface area contributed by atoms with Crippen molar-refractivity contribution in [2.24, 2.45) is 0 Å². The Morgan fingerprint density at radius 2 is 1.76 bits per heavy atom. The van der Waals surface area contributed by atoms with Gasteiger partial charge in [0, 0.05) is 18.6 Å². The summed E-state index contributed by atoms with van der Waals surface area (Å²) < 4.78 is 0. The van der Waals surface area contributed by atoms with E-state index < -0.39 is 5.60 Å². The highest BCUT2D eigenvalue weighted by Crippen LogP contribution is 2.45. The van der Waals surface area contributed by atoms with E-state index in [0.717, 1.165) is 30.5 Å². The number of rotatable bonds is 4. The number of aliphatic hydroxyl groups is 1. The zero-order valence-electron chi connectivity index (χ0n) is 14.8. The molecule has 2 nitrogen and oxygen atoms in total. The Labute approximate surface area is 150 Å². The van der Waals surface area contributed by atoms with Gasteiger partial charge in [-0.15, -0.1) is 0 Å². The molecule has 0 saturated carbocycles. The average molecular weight is 333 g/mol. The summed E-state index contributed by atoms with van der Waals surface area (Å²) >= 11 is 0. The van der Waals surface area contributed by atoms with Crippen molar-refractivity contribution in [1.82, 2.24) is 4.90 Å². The molecule has 2 aliphatic heterocycles. The molecule has 2 atom stereocenters. The zero-order valence-corrected chi connectivity index (χ0v) is 14.8. The predicted octanol–water partition coefficient (Wildman–Crippen LogP) is 4.73. The Hall–Kier alpha value is -1.90. The summed E-state index contributed by atoms with van der Waals surface area (Å²) in [6.45, 7) is 4.87. The molecule has 2 fully saturated rings. The van der Waals surface area contributed by atoms with Crippen molar-refractivity contribution in [2.75, 3.05) is 0 Å². The highest BCUT2D eigenvalue weighted by molar-refractivity contribution is 5.49. The Kier molecular flexibility index (Phi) is 4.49. The van der Waals surface area contributed by atoms with Crippen LogP contribution in [0.3, 0.4) is 0 Å². The molecule has 0 aromatic heterocycles. The van der Waals surface area contributed by atoms with Gasteiger partial charge in [0.15, 0.2) is 0 Å². The van der Waals surface area contributed by atoms with Gasteiger partial charge in [-0.3, -0.25) is 4.90 Å². The van der Waals surface area contributed by atoms with E-state index in [4.69, 9.17) is 0 Å². The van der Waals surface area contributed by atoms with Crippen molar-refractivity contribution in [3.8, 4) is 0 Å². The van der Waals surface area contributed by atoms with E-state index in [-0.39, 0.29) is 0 Å². The van der Waals surface area contributed by atoms with E-state index in [9.17, 15) is 5.11 Å². The molecule has 2 aromatic rings. The van der Waals surface area contributed by atoms with Gasteiger partial charge < -0.3 is 5.11 Å². The van der Waals surface area contributed by atoms with Crippen LogP contribution in [0.5, 0.6) is 0 Å². The third-order valence-electron chi connectivity index (χ3n) is 6.03. The lowest BCUT2D eigenvalue weighted by atomic mass is 9.72. The van der Waals surface area contributed by atoms with Gasteiger partial charge >= 0.3 is 0 Å². The maximum atomic E-state index is 11.5. The zero-order chi connectivity index (χ0) is 17.3. The van der Waals surface area contributed by atoms with Crippen molar-refractivity contribution >= 4 is 6.08 Å². The molecule has 4 rings (SSSR count). The largest absolute Gasteiger partial charge is 0.385 e. The fourth-order valence-electron chi connectivity index (χ4n) is 4.76. The monoisotopic (exact) mass is 333 g/mol. The van der Waals surface area contributed by atoms with Crippen LogP contribution < -0.4 is 0 Å². The van der Waals surface area contributed by atoms with Crippen LogP contribution in [0.2, 0.25) is 0 Å². The molecule has 2 heteroatoms. The summed E-state index contributed by atoms with van der Waals surface area (Å²) in [6.07, 6.45) is 7.18. The normalized spacial score (nSPS) is 29.3. The number of hydrogen-bond acceptors (Lipinski definition) is 2. The molecule has 0 aliphatic carbocycles. The lowest BCUT2D eigenvalue weighted by molar-refractivity contribution is -0.0999. The van der Waals surface area contributed by atoms with Crippen LogP contribution in [0.25, 0.3) is 6.08 Å². The fourth-order valence-corrected chi connectivity index (χ4v) is 4.76. The maximum absolute atomic E-state index is 11.5. The number of nitrogens with zero attached hydrogens (tertiary/aromatic N) is 1. The molecule has 0 amide bonds. The van der Waals surface area contributed by atoms with E-state index in [1.165, 1.54) is 24.8 Å². The first-order valence-electron chi connectivity index (χ1n) is 9.43. The Morgan fingerprint density at radius 3 is 2.44 bits per heavy atom. The topological polar surface area (TPSA) is 23.5 Å². The first kappa shape index (κ1) is 16.6. The van der Waals surface area contributed by atoms with Gasteiger partial charge in [-0.2, -0.15) is 0 Å². The lowest BCUT2D eigenvalue weighted by Crippen LogP contribution is -2.56. The summed E-state index contributed by atoms with van der Waals surface area (Å²) in [5, 5.41) is 11.5. The third-order valence-corrected chi connectivity index (χ3v) is 6.03. The fraction of sp³-hybridized carbons (Fsp3) is 0.391. The quantitative estimate of drug-likeness (QED) is 0.874. The van der Waals surface area contributed by atoms with E-state index >= 15 is 0 Å². The van der Waals surface area contributed by atoms with E-state index in [1.54, 1.807) is 0 Å². The van der Waals surface area contributed by atoms with Crippen LogP contribution in [0.4, 0.5) is 0 Å². The van der Waals surface area contributed by atoms with Gasteiger partial charge in [-0.25, -0.2) is 0 Å². The Morgan fingerprint density at radius 1 is 1.04 bits per heavy atom. The van der Waals surface area contributed by atoms with Crippen molar-refractivity contribution in [1.29, 1.82) is 0 Å². The first-order chi connectivity index (χ1) is 12.2. The van der Waals surface area contributed by atoms with Crippen LogP contribution in [-0.2, 0) is 12.1 Å². The van der Waals surface area contributed by atoms with Gasteiger partial charge in [0.25, 0.3) is 0 Å². The average Bonchev–Trinajstić information content (AvgIpc) is 2.64. The highest BCUT2D eigenvalue weighted by Gasteiger charge is 2.46. The Bertz CT molecular complexity index is 725. The second kappa shape index (κ2) is 6.78. The molecular weight excluding hydrogens is 306 g/mol. The summed E-state index contributed by atoms with van der Waals surface area (Å²) in [7, 11) is 0. The number of fused-ring (bicyclic) bond motifs is 2. The summed E-state index contributed by atoms with van der Waals surface area (Å²) in [4.78, 5) is 2.64. The molecule has 2 bridgehead atoms. The second-order valence-electron chi connectivity index (χ2n) is 7.67. The summed E-state index contributed by atoms with van der Waals surface area (Å²) in [5.74, 6) is 0. The molecule has 2 unspecified atom stereocenters. The van der Waals surface area contributed by atoms with Crippen molar-refractivity contribution in [3.63, 3.8) is 0 Å². The van der Waals surface area contributed by atoms with Gasteiger partial charge in [-0.05, 0) is 48.4 Å². The molecule has 2 saturated heterocycles. The molecule has 0 spiro atoms. The van der Waals surface area contributed by atoms with E-state index in [0.29, 0.717) is 12.1 Å². The molecular formula is C23H27NO. The first-order valence-corrected chi connectivity index (χ1v) is 9.43. The Balaban J connectivity index is 1.59. The number of benzene rings is 2. The minimum atomic E-state index is -0.706. The van der Waals surface area contributed by atoms with Crippen LogP contribution in [0.1, 0.15) is 48.8 Å². The molecule has 25 heavy (non-hydrogen) atoms. The molecule has 2 heterocycles.